The van der Waals surface area contributed by atoms with E-state index in [9.17, 15) is 32.4 Å². The summed E-state index contributed by atoms with van der Waals surface area (Å²) < 4.78 is 46.1. The van der Waals surface area contributed by atoms with Crippen LogP contribution in [0.25, 0.3) is 11.1 Å². The van der Waals surface area contributed by atoms with Gasteiger partial charge in [-0.1, -0.05) is 60.7 Å². The predicted octanol–water partition coefficient (Wildman–Crippen LogP) is 5.66. The van der Waals surface area contributed by atoms with E-state index in [-0.39, 0.29) is 28.5 Å². The van der Waals surface area contributed by atoms with Crippen LogP contribution in [0.2, 0.25) is 0 Å². The standard InChI is InChI=1S/C30H26FNO6S/c31-26-9-5-4-8-24(26)27(33)17-16-25-29(32(30(25)35)21-6-2-1-3-7-21)20-12-15-23(28(34)18-20)19-10-13-22(14-11-19)39(36,37)38/h1-15,18,25,27,29,33-34H,16-17H2,(H,36,37,38). The summed E-state index contributed by atoms with van der Waals surface area (Å²) in [4.78, 5) is 14.7. The van der Waals surface area contributed by atoms with Crippen LogP contribution >= 0.6 is 0 Å². The van der Waals surface area contributed by atoms with Crippen molar-refractivity contribution in [1.29, 1.82) is 0 Å². The molecule has 4 aromatic carbocycles. The van der Waals surface area contributed by atoms with Gasteiger partial charge in [0.1, 0.15) is 11.6 Å². The summed E-state index contributed by atoms with van der Waals surface area (Å²) in [5.41, 5.74) is 2.55. The second-order valence-corrected chi connectivity index (χ2v) is 10.9. The fourth-order valence-corrected chi connectivity index (χ4v) is 5.59. The molecular formula is C30H26FNO6S. The van der Waals surface area contributed by atoms with Crippen LogP contribution in [0, 0.1) is 11.7 Å². The van der Waals surface area contributed by atoms with Crippen LogP contribution < -0.4 is 4.90 Å². The summed E-state index contributed by atoms with van der Waals surface area (Å²) in [6.45, 7) is 0. The zero-order chi connectivity index (χ0) is 27.7. The molecule has 0 spiro atoms. The molecule has 7 nitrogen and oxygen atoms in total. The molecule has 0 bridgehead atoms. The van der Waals surface area contributed by atoms with E-state index in [0.29, 0.717) is 28.8 Å². The SMILES string of the molecule is O=C1C(CCC(O)c2ccccc2F)C(c2ccc(-c3ccc(S(=O)(=O)O)cc3)c(O)c2)N1c1ccccc1. The third-order valence-electron chi connectivity index (χ3n) is 7.09. The summed E-state index contributed by atoms with van der Waals surface area (Å²) >= 11 is 0. The number of halogens is 1. The minimum absolute atomic E-state index is 0.0652. The number of phenolic OH excluding ortho intramolecular Hbond substituents is 1. The lowest BCUT2D eigenvalue weighted by molar-refractivity contribution is -0.131. The van der Waals surface area contributed by atoms with Gasteiger partial charge in [0.05, 0.1) is 23.0 Å². The van der Waals surface area contributed by atoms with Gasteiger partial charge in [0.2, 0.25) is 5.91 Å². The van der Waals surface area contributed by atoms with Crippen molar-refractivity contribution < 1.29 is 32.4 Å². The van der Waals surface area contributed by atoms with Crippen molar-refractivity contribution >= 4 is 21.7 Å². The van der Waals surface area contributed by atoms with Crippen LogP contribution in [0.5, 0.6) is 5.75 Å². The Balaban J connectivity index is 1.43. The van der Waals surface area contributed by atoms with Gasteiger partial charge in [-0.25, -0.2) is 4.39 Å². The minimum Gasteiger partial charge on any atom is -0.507 e. The lowest BCUT2D eigenvalue weighted by Gasteiger charge is -2.48. The lowest BCUT2D eigenvalue weighted by Crippen LogP contribution is -2.55. The fraction of sp³-hybridized carbons (Fsp3) is 0.167. The first-order valence-electron chi connectivity index (χ1n) is 12.4. The van der Waals surface area contributed by atoms with Crippen LogP contribution in [0.1, 0.15) is 36.1 Å². The number of hydrogen-bond acceptors (Lipinski definition) is 5. The number of phenols is 1. The van der Waals surface area contributed by atoms with Crippen LogP contribution in [-0.4, -0.2) is 29.1 Å². The molecule has 0 radical (unpaired) electrons. The first-order chi connectivity index (χ1) is 18.6. The summed E-state index contributed by atoms with van der Waals surface area (Å²) in [5.74, 6) is -1.19. The van der Waals surface area contributed by atoms with Crippen molar-refractivity contribution in [3.8, 4) is 16.9 Å². The maximum Gasteiger partial charge on any atom is 0.294 e. The quantitative estimate of drug-likeness (QED) is 0.194. The molecule has 1 heterocycles. The number of aliphatic hydroxyl groups excluding tert-OH is 1. The van der Waals surface area contributed by atoms with Crippen LogP contribution in [0.3, 0.4) is 0 Å². The van der Waals surface area contributed by atoms with Gasteiger partial charge in [0.15, 0.2) is 0 Å². The maximum atomic E-state index is 14.2. The van der Waals surface area contributed by atoms with E-state index in [0.717, 1.165) is 0 Å². The number of aromatic hydroxyl groups is 1. The van der Waals surface area contributed by atoms with Crippen molar-refractivity contribution in [2.45, 2.75) is 29.9 Å². The van der Waals surface area contributed by atoms with Crippen molar-refractivity contribution in [2.75, 3.05) is 4.90 Å². The van der Waals surface area contributed by atoms with Crippen LogP contribution in [0.4, 0.5) is 10.1 Å². The molecule has 0 saturated carbocycles. The third-order valence-corrected chi connectivity index (χ3v) is 7.96. The Morgan fingerprint density at radius 3 is 2.21 bits per heavy atom. The summed E-state index contributed by atoms with van der Waals surface area (Å²) in [6, 6.07) is 25.2. The maximum absolute atomic E-state index is 14.2. The lowest BCUT2D eigenvalue weighted by atomic mass is 9.78. The van der Waals surface area contributed by atoms with E-state index >= 15 is 0 Å². The number of anilines is 1. The third kappa shape index (κ3) is 5.29. The Morgan fingerprint density at radius 2 is 1.56 bits per heavy atom. The molecule has 3 atom stereocenters. The smallest absolute Gasteiger partial charge is 0.294 e. The number of hydrogen-bond donors (Lipinski definition) is 3. The number of amides is 1. The second kappa shape index (κ2) is 10.6. The zero-order valence-corrected chi connectivity index (χ0v) is 21.5. The second-order valence-electron chi connectivity index (χ2n) is 9.49. The van der Waals surface area contributed by atoms with Gasteiger partial charge < -0.3 is 15.1 Å². The van der Waals surface area contributed by atoms with Crippen LogP contribution in [0.15, 0.2) is 102 Å². The number of para-hydroxylation sites is 1. The highest BCUT2D eigenvalue weighted by Crippen LogP contribution is 2.47. The molecule has 0 aromatic heterocycles. The average Bonchev–Trinajstić information content (AvgIpc) is 2.92. The molecule has 3 N–H and O–H groups in total. The number of aliphatic hydroxyl groups is 1. The molecule has 200 valence electrons. The summed E-state index contributed by atoms with van der Waals surface area (Å²) in [7, 11) is -4.34. The molecule has 4 aromatic rings. The van der Waals surface area contributed by atoms with Gasteiger partial charge in [-0.15, -0.1) is 0 Å². The minimum atomic E-state index is -4.34. The van der Waals surface area contributed by atoms with Gasteiger partial charge in [-0.05, 0) is 60.4 Å². The molecule has 1 aliphatic heterocycles. The van der Waals surface area contributed by atoms with E-state index in [4.69, 9.17) is 0 Å². The highest BCUT2D eigenvalue weighted by Gasteiger charge is 2.48. The molecule has 9 heteroatoms. The zero-order valence-electron chi connectivity index (χ0n) is 20.7. The molecule has 1 saturated heterocycles. The number of carbonyl (C=O) groups excluding carboxylic acids is 1. The van der Waals surface area contributed by atoms with Gasteiger partial charge in [0.25, 0.3) is 10.1 Å². The first kappa shape index (κ1) is 26.6. The van der Waals surface area contributed by atoms with Crippen LogP contribution in [-0.2, 0) is 14.9 Å². The van der Waals surface area contributed by atoms with Gasteiger partial charge >= 0.3 is 0 Å². The van der Waals surface area contributed by atoms with Crippen molar-refractivity contribution in [3.63, 3.8) is 0 Å². The molecule has 0 aliphatic carbocycles. The van der Waals surface area contributed by atoms with Gasteiger partial charge in [0, 0.05) is 16.8 Å². The topological polar surface area (TPSA) is 115 Å². The van der Waals surface area contributed by atoms with E-state index in [1.165, 1.54) is 36.4 Å². The fourth-order valence-electron chi connectivity index (χ4n) is 5.11. The van der Waals surface area contributed by atoms with E-state index in [2.05, 4.69) is 0 Å². The van der Waals surface area contributed by atoms with E-state index in [1.54, 1.807) is 35.2 Å². The highest BCUT2D eigenvalue weighted by atomic mass is 32.2. The number of benzene rings is 4. The number of nitrogens with zero attached hydrogens (tertiary/aromatic N) is 1. The van der Waals surface area contributed by atoms with Crippen molar-refractivity contribution in [2.24, 2.45) is 5.92 Å². The Morgan fingerprint density at radius 1 is 0.897 bits per heavy atom. The first-order valence-corrected chi connectivity index (χ1v) is 13.8. The van der Waals surface area contributed by atoms with Gasteiger partial charge in [-0.3, -0.25) is 9.35 Å². The molecule has 3 unspecified atom stereocenters. The molecule has 39 heavy (non-hydrogen) atoms. The molecule has 5 rings (SSSR count). The Bertz CT molecular complexity index is 1610. The number of carbonyl (C=O) groups is 1. The number of rotatable bonds is 8. The normalized spacial score (nSPS) is 18.0. The molecule has 1 fully saturated rings. The van der Waals surface area contributed by atoms with E-state index < -0.39 is 34.0 Å². The molecule has 1 aliphatic rings. The van der Waals surface area contributed by atoms with E-state index in [1.807, 2.05) is 30.3 Å². The van der Waals surface area contributed by atoms with Crippen molar-refractivity contribution in [3.05, 3.63) is 114 Å². The predicted molar refractivity (Wildman–Crippen MR) is 144 cm³/mol. The Kier molecular flexibility index (Phi) is 7.22. The Hall–Kier alpha value is -4.05. The molecule has 1 amide bonds. The van der Waals surface area contributed by atoms with Gasteiger partial charge in [-0.2, -0.15) is 8.42 Å². The monoisotopic (exact) mass is 547 g/mol. The van der Waals surface area contributed by atoms with Crippen molar-refractivity contribution in [1.82, 2.24) is 0 Å². The largest absolute Gasteiger partial charge is 0.507 e. The Labute approximate surface area is 225 Å². The average molecular weight is 548 g/mol. The summed E-state index contributed by atoms with van der Waals surface area (Å²) in [5, 5.41) is 21.5. The highest BCUT2D eigenvalue weighted by molar-refractivity contribution is 7.85. The summed E-state index contributed by atoms with van der Waals surface area (Å²) in [6.07, 6.45) is -0.574. The molecular weight excluding hydrogens is 521 g/mol. The number of β-lactam (4-membered cyclic amide) rings is 1.